The first-order valence-corrected chi connectivity index (χ1v) is 9.61. The van der Waals surface area contributed by atoms with Crippen molar-refractivity contribution in [3.8, 4) is 5.75 Å². The molecule has 0 bridgehead atoms. The maximum atomic E-state index is 10.3. The second-order valence-electron chi connectivity index (χ2n) is 8.06. The van der Waals surface area contributed by atoms with Crippen molar-refractivity contribution in [2.75, 3.05) is 7.05 Å². The van der Waals surface area contributed by atoms with Gasteiger partial charge in [0, 0.05) is 24.6 Å². The molecule has 0 atom stereocenters. The summed E-state index contributed by atoms with van der Waals surface area (Å²) in [6.45, 7) is 7.27. The molecule has 2 aromatic rings. The number of benzene rings is 1. The summed E-state index contributed by atoms with van der Waals surface area (Å²) in [6.07, 6.45) is 6.30. The van der Waals surface area contributed by atoms with Crippen molar-refractivity contribution in [3.63, 3.8) is 0 Å². The molecule has 3 N–H and O–H groups in total. The summed E-state index contributed by atoms with van der Waals surface area (Å²) < 4.78 is 5.80. The van der Waals surface area contributed by atoms with Crippen LogP contribution in [0.4, 0.5) is 0 Å². The second kappa shape index (κ2) is 8.03. The van der Waals surface area contributed by atoms with Gasteiger partial charge in [-0.1, -0.05) is 26.8 Å². The number of hydrogen-bond donors (Lipinski definition) is 3. The zero-order valence-corrected chi connectivity index (χ0v) is 16.7. The first-order chi connectivity index (χ1) is 12.9. The molecule has 27 heavy (non-hydrogen) atoms. The Bertz CT molecular complexity index is 818. The Morgan fingerprint density at radius 3 is 2.63 bits per heavy atom. The molecule has 0 amide bonds. The van der Waals surface area contributed by atoms with E-state index >= 15 is 0 Å². The molecule has 6 nitrogen and oxygen atoms in total. The Hall–Kier alpha value is -2.50. The van der Waals surface area contributed by atoms with Gasteiger partial charge in [-0.3, -0.25) is 4.99 Å². The van der Waals surface area contributed by atoms with Crippen LogP contribution in [0.15, 0.2) is 27.7 Å². The monoisotopic (exact) mass is 370 g/mol. The molecule has 3 rings (SSSR count). The number of hydrogen-bond acceptors (Lipinski definition) is 4. The fraction of sp³-hybridized carbons (Fsp3) is 0.524. The number of phenols is 1. The van der Waals surface area contributed by atoms with E-state index in [1.807, 2.05) is 0 Å². The van der Waals surface area contributed by atoms with Crippen LogP contribution in [0.2, 0.25) is 0 Å². The quantitative estimate of drug-likeness (QED) is 0.567. The summed E-state index contributed by atoms with van der Waals surface area (Å²) in [5, 5.41) is 16.8. The molecule has 146 valence electrons. The SMILES string of the molecule is CN=C(NCc1ncc(C(C)(C)C)o1)NCc1c(O)ccc2c1CCCC2. The van der Waals surface area contributed by atoms with Gasteiger partial charge in [0.1, 0.15) is 11.5 Å². The van der Waals surface area contributed by atoms with Crippen molar-refractivity contribution in [2.45, 2.75) is 65.0 Å². The van der Waals surface area contributed by atoms with Gasteiger partial charge in [0.2, 0.25) is 5.89 Å². The minimum absolute atomic E-state index is 0.0604. The predicted octanol–water partition coefficient (Wildman–Crippen LogP) is 3.42. The van der Waals surface area contributed by atoms with Gasteiger partial charge in [0.15, 0.2) is 5.96 Å². The molecule has 0 saturated heterocycles. The smallest absolute Gasteiger partial charge is 0.213 e. The average Bonchev–Trinajstić information content (AvgIpc) is 3.12. The van der Waals surface area contributed by atoms with Gasteiger partial charge in [-0.2, -0.15) is 0 Å². The number of aryl methyl sites for hydroxylation is 1. The van der Waals surface area contributed by atoms with Crippen molar-refractivity contribution in [2.24, 2.45) is 4.99 Å². The molecule has 0 radical (unpaired) electrons. The van der Waals surface area contributed by atoms with Crippen LogP contribution < -0.4 is 10.6 Å². The minimum atomic E-state index is -0.0604. The molecule has 0 fully saturated rings. The van der Waals surface area contributed by atoms with Crippen LogP contribution in [0.25, 0.3) is 0 Å². The molecule has 0 unspecified atom stereocenters. The molecule has 6 heteroatoms. The fourth-order valence-corrected chi connectivity index (χ4v) is 3.38. The third-order valence-corrected chi connectivity index (χ3v) is 4.98. The predicted molar refractivity (Wildman–Crippen MR) is 107 cm³/mol. The Morgan fingerprint density at radius 2 is 1.93 bits per heavy atom. The molecule has 0 spiro atoms. The van der Waals surface area contributed by atoms with Crippen LogP contribution in [0.3, 0.4) is 0 Å². The summed E-state index contributed by atoms with van der Waals surface area (Å²) >= 11 is 0. The second-order valence-corrected chi connectivity index (χ2v) is 8.06. The van der Waals surface area contributed by atoms with Crippen molar-refractivity contribution < 1.29 is 9.52 Å². The lowest BCUT2D eigenvalue weighted by molar-refractivity contribution is 0.379. The topological polar surface area (TPSA) is 82.7 Å². The number of nitrogens with zero attached hydrogens (tertiary/aromatic N) is 2. The number of guanidine groups is 1. The number of oxazole rings is 1. The highest BCUT2D eigenvalue weighted by Gasteiger charge is 2.19. The Morgan fingerprint density at radius 1 is 1.19 bits per heavy atom. The molecular formula is C21H30N4O2. The van der Waals surface area contributed by atoms with Crippen molar-refractivity contribution >= 4 is 5.96 Å². The van der Waals surface area contributed by atoms with Gasteiger partial charge in [-0.15, -0.1) is 0 Å². The molecular weight excluding hydrogens is 340 g/mol. The number of nitrogens with one attached hydrogen (secondary N) is 2. The number of fused-ring (bicyclic) bond motifs is 1. The number of phenolic OH excluding ortho intramolecular Hbond substituents is 1. The third-order valence-electron chi connectivity index (χ3n) is 4.98. The summed E-state index contributed by atoms with van der Waals surface area (Å²) in [7, 11) is 1.73. The van der Waals surface area contributed by atoms with E-state index in [9.17, 15) is 5.11 Å². The first-order valence-electron chi connectivity index (χ1n) is 9.61. The van der Waals surface area contributed by atoms with Crippen molar-refractivity contribution in [1.29, 1.82) is 0 Å². The van der Waals surface area contributed by atoms with Crippen LogP contribution in [0.5, 0.6) is 5.75 Å². The van der Waals surface area contributed by atoms with E-state index in [4.69, 9.17) is 4.42 Å². The molecule has 1 aromatic carbocycles. The van der Waals surface area contributed by atoms with Gasteiger partial charge >= 0.3 is 0 Å². The Labute approximate surface area is 161 Å². The maximum Gasteiger partial charge on any atom is 0.213 e. The Balaban J connectivity index is 1.61. The lowest BCUT2D eigenvalue weighted by atomic mass is 9.88. The summed E-state index contributed by atoms with van der Waals surface area (Å²) in [5.41, 5.74) is 3.55. The van der Waals surface area contributed by atoms with E-state index in [-0.39, 0.29) is 5.41 Å². The highest BCUT2D eigenvalue weighted by atomic mass is 16.4. The van der Waals surface area contributed by atoms with Crippen LogP contribution in [0, 0.1) is 0 Å². The lowest BCUT2D eigenvalue weighted by Gasteiger charge is -2.21. The molecule has 1 aliphatic rings. The number of aromatic hydroxyl groups is 1. The van der Waals surface area contributed by atoms with Crippen LogP contribution in [0.1, 0.15) is 62.0 Å². The van der Waals surface area contributed by atoms with Crippen molar-refractivity contribution in [1.82, 2.24) is 15.6 Å². The largest absolute Gasteiger partial charge is 0.508 e. The normalized spacial score (nSPS) is 14.7. The third kappa shape index (κ3) is 4.62. The molecule has 1 aliphatic carbocycles. The van der Waals surface area contributed by atoms with E-state index in [1.165, 1.54) is 24.0 Å². The van der Waals surface area contributed by atoms with Gasteiger partial charge in [0.25, 0.3) is 0 Å². The van der Waals surface area contributed by atoms with E-state index in [0.29, 0.717) is 30.7 Å². The van der Waals surface area contributed by atoms with Gasteiger partial charge in [-0.05, 0) is 42.9 Å². The van der Waals surface area contributed by atoms with Gasteiger partial charge in [0.05, 0.1) is 12.7 Å². The maximum absolute atomic E-state index is 10.3. The number of rotatable bonds is 4. The Kier molecular flexibility index (Phi) is 5.73. The zero-order chi connectivity index (χ0) is 19.4. The molecule has 0 aliphatic heterocycles. The summed E-state index contributed by atoms with van der Waals surface area (Å²) in [5.74, 6) is 2.49. The lowest BCUT2D eigenvalue weighted by Crippen LogP contribution is -2.36. The highest BCUT2D eigenvalue weighted by molar-refractivity contribution is 5.79. The van der Waals surface area contributed by atoms with E-state index in [1.54, 1.807) is 19.3 Å². The summed E-state index contributed by atoms with van der Waals surface area (Å²) in [6, 6.07) is 3.86. The minimum Gasteiger partial charge on any atom is -0.508 e. The van der Waals surface area contributed by atoms with E-state index in [2.05, 4.69) is 47.4 Å². The van der Waals surface area contributed by atoms with Crippen LogP contribution in [-0.2, 0) is 31.3 Å². The van der Waals surface area contributed by atoms with E-state index in [0.717, 1.165) is 24.2 Å². The summed E-state index contributed by atoms with van der Waals surface area (Å²) in [4.78, 5) is 8.59. The number of aromatic nitrogens is 1. The molecule has 0 saturated carbocycles. The van der Waals surface area contributed by atoms with Gasteiger partial charge < -0.3 is 20.2 Å². The number of aliphatic imine (C=N–C) groups is 1. The average molecular weight is 370 g/mol. The van der Waals surface area contributed by atoms with Gasteiger partial charge in [-0.25, -0.2) is 4.98 Å². The van der Waals surface area contributed by atoms with Crippen LogP contribution >= 0.6 is 0 Å². The highest BCUT2D eigenvalue weighted by Crippen LogP contribution is 2.30. The first kappa shape index (κ1) is 19.3. The fourth-order valence-electron chi connectivity index (χ4n) is 3.38. The van der Waals surface area contributed by atoms with Crippen LogP contribution in [-0.4, -0.2) is 23.1 Å². The zero-order valence-electron chi connectivity index (χ0n) is 16.7. The van der Waals surface area contributed by atoms with Crippen molar-refractivity contribution in [3.05, 3.63) is 46.7 Å². The molecule has 1 aromatic heterocycles. The van der Waals surface area contributed by atoms with E-state index < -0.39 is 0 Å². The standard InChI is InChI=1S/C21H30N4O2/c1-21(2,3)18-12-23-19(27-18)13-25-20(22-4)24-11-16-15-8-6-5-7-14(15)9-10-17(16)26/h9-10,12,26H,5-8,11,13H2,1-4H3,(H2,22,24,25). The molecule has 1 heterocycles.